The van der Waals surface area contributed by atoms with Gasteiger partial charge in [0.15, 0.2) is 0 Å². The van der Waals surface area contributed by atoms with Crippen molar-refractivity contribution >= 4 is 16.0 Å². The number of nitrogens with one attached hydrogen (secondary N) is 1. The first-order valence-electron chi connectivity index (χ1n) is 4.16. The molecule has 1 aromatic carbocycles. The summed E-state index contributed by atoms with van der Waals surface area (Å²) in [4.78, 5) is 10.7. The lowest BCUT2D eigenvalue weighted by atomic mass is 10.1. The molecule has 0 fully saturated rings. The van der Waals surface area contributed by atoms with E-state index < -0.39 is 16.0 Å². The summed E-state index contributed by atoms with van der Waals surface area (Å²) in [6, 6.07) is 4.32. The minimum atomic E-state index is -3.74. The number of aromatic carboxylic acids is 1. The van der Waals surface area contributed by atoms with Crippen LogP contribution in [-0.2, 0) is 10.0 Å². The molecule has 0 aliphatic heterocycles. The number of carbonyl (C=O) groups is 1. The first kappa shape index (κ1) is 11.7. The fourth-order valence-electron chi connectivity index (χ4n) is 1.28. The Morgan fingerprint density at radius 3 is 2.47 bits per heavy atom. The van der Waals surface area contributed by atoms with Crippen LogP contribution in [0.4, 0.5) is 0 Å². The zero-order valence-electron chi connectivity index (χ0n) is 8.31. The lowest BCUT2D eigenvalue weighted by molar-refractivity contribution is 0.0692. The Morgan fingerprint density at radius 2 is 2.00 bits per heavy atom. The van der Waals surface area contributed by atoms with Crippen molar-refractivity contribution in [2.45, 2.75) is 11.8 Å². The molecule has 1 rings (SSSR count). The van der Waals surface area contributed by atoms with E-state index >= 15 is 0 Å². The Balaban J connectivity index is 3.59. The van der Waals surface area contributed by atoms with Gasteiger partial charge in [-0.1, -0.05) is 12.1 Å². The number of hydrogen-bond acceptors (Lipinski definition) is 3. The van der Waals surface area contributed by atoms with Crippen molar-refractivity contribution in [3.63, 3.8) is 0 Å². The van der Waals surface area contributed by atoms with Crippen molar-refractivity contribution in [1.29, 1.82) is 0 Å². The van der Waals surface area contributed by atoms with Crippen LogP contribution >= 0.6 is 0 Å². The number of sulfonamides is 1. The average Bonchev–Trinajstić information content (AvgIpc) is 2.17. The highest BCUT2D eigenvalue weighted by Crippen LogP contribution is 2.19. The summed E-state index contributed by atoms with van der Waals surface area (Å²) in [5.74, 6) is -1.26. The van der Waals surface area contributed by atoms with E-state index in [1.165, 1.54) is 19.2 Å². The van der Waals surface area contributed by atoms with E-state index in [1.807, 2.05) is 0 Å². The molecule has 1 aromatic rings. The average molecular weight is 229 g/mol. The van der Waals surface area contributed by atoms with Crippen LogP contribution in [0.2, 0.25) is 0 Å². The van der Waals surface area contributed by atoms with Crippen molar-refractivity contribution in [2.75, 3.05) is 7.05 Å². The normalized spacial score (nSPS) is 11.3. The quantitative estimate of drug-likeness (QED) is 0.795. The Morgan fingerprint density at radius 1 is 1.40 bits per heavy atom. The van der Waals surface area contributed by atoms with Crippen molar-refractivity contribution in [3.05, 3.63) is 29.3 Å². The zero-order chi connectivity index (χ0) is 11.6. The number of hydrogen-bond donors (Lipinski definition) is 2. The third-order valence-electron chi connectivity index (χ3n) is 1.98. The van der Waals surface area contributed by atoms with Crippen molar-refractivity contribution < 1.29 is 18.3 Å². The molecule has 15 heavy (non-hydrogen) atoms. The Bertz CT molecular complexity index is 493. The molecule has 0 saturated heterocycles. The van der Waals surface area contributed by atoms with E-state index in [0.29, 0.717) is 5.56 Å². The molecule has 0 saturated carbocycles. The van der Waals surface area contributed by atoms with Crippen LogP contribution in [-0.4, -0.2) is 26.5 Å². The predicted molar refractivity (Wildman–Crippen MR) is 54.4 cm³/mol. The molecule has 82 valence electrons. The van der Waals surface area contributed by atoms with Crippen LogP contribution in [0.1, 0.15) is 15.9 Å². The van der Waals surface area contributed by atoms with Gasteiger partial charge in [-0.25, -0.2) is 17.9 Å². The molecule has 2 N–H and O–H groups in total. The van der Waals surface area contributed by atoms with Crippen molar-refractivity contribution in [1.82, 2.24) is 4.72 Å². The summed E-state index contributed by atoms with van der Waals surface area (Å²) in [5, 5.41) is 8.86. The molecule has 0 radical (unpaired) electrons. The molecule has 0 aromatic heterocycles. The van der Waals surface area contributed by atoms with Gasteiger partial charge in [0, 0.05) is 0 Å². The van der Waals surface area contributed by atoms with Gasteiger partial charge in [0.05, 0.1) is 10.5 Å². The maximum Gasteiger partial charge on any atom is 0.337 e. The number of carboxylic acid groups (broad SMARTS) is 1. The van der Waals surface area contributed by atoms with Gasteiger partial charge in [-0.15, -0.1) is 0 Å². The topological polar surface area (TPSA) is 83.5 Å². The van der Waals surface area contributed by atoms with E-state index in [-0.39, 0.29) is 10.5 Å². The van der Waals surface area contributed by atoms with Crippen molar-refractivity contribution in [3.8, 4) is 0 Å². The summed E-state index contributed by atoms with van der Waals surface area (Å²) in [7, 11) is -2.49. The van der Waals surface area contributed by atoms with E-state index in [4.69, 9.17) is 5.11 Å². The summed E-state index contributed by atoms with van der Waals surface area (Å²) in [5.41, 5.74) is 0.189. The first-order chi connectivity index (χ1) is 6.90. The van der Waals surface area contributed by atoms with Crippen LogP contribution < -0.4 is 4.72 Å². The second-order valence-corrected chi connectivity index (χ2v) is 4.79. The lowest BCUT2D eigenvalue weighted by Crippen LogP contribution is -2.22. The van der Waals surface area contributed by atoms with Gasteiger partial charge in [-0.05, 0) is 25.6 Å². The molecular weight excluding hydrogens is 218 g/mol. The third-order valence-corrected chi connectivity index (χ3v) is 3.60. The highest BCUT2D eigenvalue weighted by molar-refractivity contribution is 7.89. The SMILES string of the molecule is CNS(=O)(=O)c1c(C)cccc1C(=O)O. The second kappa shape index (κ2) is 4.00. The van der Waals surface area contributed by atoms with Crippen LogP contribution in [0.25, 0.3) is 0 Å². The monoisotopic (exact) mass is 229 g/mol. The largest absolute Gasteiger partial charge is 0.478 e. The van der Waals surface area contributed by atoms with Gasteiger partial charge in [0.1, 0.15) is 0 Å². The van der Waals surface area contributed by atoms with Crippen LogP contribution in [0, 0.1) is 6.92 Å². The zero-order valence-corrected chi connectivity index (χ0v) is 9.13. The molecule has 6 heteroatoms. The van der Waals surface area contributed by atoms with Crippen LogP contribution in [0.15, 0.2) is 23.1 Å². The van der Waals surface area contributed by atoms with Gasteiger partial charge in [-0.3, -0.25) is 0 Å². The summed E-state index contributed by atoms with van der Waals surface area (Å²) in [6.07, 6.45) is 0. The fraction of sp³-hybridized carbons (Fsp3) is 0.222. The number of aryl methyl sites for hydroxylation is 1. The molecule has 0 aliphatic rings. The molecule has 0 atom stereocenters. The minimum absolute atomic E-state index is 0.181. The minimum Gasteiger partial charge on any atom is -0.478 e. The number of carboxylic acids is 1. The maximum atomic E-state index is 11.6. The molecule has 0 heterocycles. The fourth-order valence-corrected chi connectivity index (χ4v) is 2.42. The Labute approximate surface area is 87.8 Å². The molecule has 0 aliphatic carbocycles. The smallest absolute Gasteiger partial charge is 0.337 e. The highest BCUT2D eigenvalue weighted by Gasteiger charge is 2.22. The molecule has 5 nitrogen and oxygen atoms in total. The second-order valence-electron chi connectivity index (χ2n) is 2.96. The number of benzene rings is 1. The van der Waals surface area contributed by atoms with Crippen molar-refractivity contribution in [2.24, 2.45) is 0 Å². The van der Waals surface area contributed by atoms with E-state index in [9.17, 15) is 13.2 Å². The van der Waals surface area contributed by atoms with E-state index in [1.54, 1.807) is 13.0 Å². The Hall–Kier alpha value is -1.40. The molecule has 0 bridgehead atoms. The van der Waals surface area contributed by atoms with Crippen LogP contribution in [0.3, 0.4) is 0 Å². The maximum absolute atomic E-state index is 11.6. The van der Waals surface area contributed by atoms with E-state index in [2.05, 4.69) is 4.72 Å². The molecule has 0 unspecified atom stereocenters. The summed E-state index contributed by atoms with van der Waals surface area (Å²) < 4.78 is 25.2. The van der Waals surface area contributed by atoms with Gasteiger partial charge in [0.25, 0.3) is 0 Å². The van der Waals surface area contributed by atoms with Gasteiger partial charge in [0.2, 0.25) is 10.0 Å². The number of rotatable bonds is 3. The molecular formula is C9H11NO4S. The van der Waals surface area contributed by atoms with Gasteiger partial charge in [-0.2, -0.15) is 0 Å². The molecule has 0 amide bonds. The first-order valence-corrected chi connectivity index (χ1v) is 5.65. The standard InChI is InChI=1S/C9H11NO4S/c1-6-4-3-5-7(9(11)12)8(6)15(13,14)10-2/h3-5,10H,1-2H3,(H,11,12). The summed E-state index contributed by atoms with van der Waals surface area (Å²) >= 11 is 0. The van der Waals surface area contributed by atoms with E-state index in [0.717, 1.165) is 0 Å². The third kappa shape index (κ3) is 2.16. The highest BCUT2D eigenvalue weighted by atomic mass is 32.2. The summed E-state index contributed by atoms with van der Waals surface area (Å²) in [6.45, 7) is 1.55. The van der Waals surface area contributed by atoms with Crippen LogP contribution in [0.5, 0.6) is 0 Å². The predicted octanol–water partition coefficient (Wildman–Crippen LogP) is 0.601. The molecule has 0 spiro atoms. The lowest BCUT2D eigenvalue weighted by Gasteiger charge is -2.09. The van der Waals surface area contributed by atoms with Gasteiger partial charge < -0.3 is 5.11 Å². The van der Waals surface area contributed by atoms with Gasteiger partial charge >= 0.3 is 5.97 Å². The Kier molecular flexibility index (Phi) is 3.11.